The van der Waals surface area contributed by atoms with Crippen LogP contribution >= 0.6 is 11.3 Å². The molecule has 0 saturated carbocycles. The Morgan fingerprint density at radius 3 is 2.29 bits per heavy atom. The van der Waals surface area contributed by atoms with Gasteiger partial charge in [-0.1, -0.05) is 27.7 Å². The number of sulfonamides is 1. The third kappa shape index (κ3) is 5.36. The maximum atomic E-state index is 12.8. The van der Waals surface area contributed by atoms with Crippen molar-refractivity contribution in [3.05, 3.63) is 17.0 Å². The van der Waals surface area contributed by atoms with Gasteiger partial charge in [0.1, 0.15) is 4.21 Å². The van der Waals surface area contributed by atoms with E-state index in [9.17, 15) is 8.42 Å². The summed E-state index contributed by atoms with van der Waals surface area (Å²) >= 11 is 1.31. The molecule has 0 unspecified atom stereocenters. The van der Waals surface area contributed by atoms with Crippen LogP contribution in [0.3, 0.4) is 0 Å². The highest BCUT2D eigenvalue weighted by atomic mass is 32.2. The average Bonchev–Trinajstić information content (AvgIpc) is 2.82. The number of nitrogens with one attached hydrogen (secondary N) is 1. The Hall–Kier alpha value is -0.430. The number of rotatable bonds is 8. The quantitative estimate of drug-likeness (QED) is 0.794. The zero-order chi connectivity index (χ0) is 16.2. The second-order valence-corrected chi connectivity index (χ2v) is 9.40. The minimum Gasteiger partial charge on any atom is -0.310 e. The van der Waals surface area contributed by atoms with Gasteiger partial charge in [0.05, 0.1) is 0 Å². The SMILES string of the molecule is CC(C)CN(C(C)C)S(=O)(=O)c1cc(CNC(C)C)cs1. The highest BCUT2D eigenvalue weighted by Crippen LogP contribution is 2.26. The van der Waals surface area contributed by atoms with Crippen LogP contribution in [0.4, 0.5) is 0 Å². The first-order valence-corrected chi connectivity index (χ1v) is 9.79. The first-order chi connectivity index (χ1) is 9.64. The predicted molar refractivity (Wildman–Crippen MR) is 90.2 cm³/mol. The third-order valence-corrected chi connectivity index (χ3v) is 6.53. The summed E-state index contributed by atoms with van der Waals surface area (Å²) in [7, 11) is -3.39. The van der Waals surface area contributed by atoms with Crippen LogP contribution in [-0.2, 0) is 16.6 Å². The zero-order valence-electron chi connectivity index (χ0n) is 13.9. The van der Waals surface area contributed by atoms with E-state index in [1.807, 2.05) is 33.1 Å². The summed E-state index contributed by atoms with van der Waals surface area (Å²) in [5.74, 6) is 0.309. The summed E-state index contributed by atoms with van der Waals surface area (Å²) in [6, 6.07) is 2.15. The van der Waals surface area contributed by atoms with Crippen molar-refractivity contribution in [1.82, 2.24) is 9.62 Å². The van der Waals surface area contributed by atoms with Crippen LogP contribution in [-0.4, -0.2) is 31.4 Å². The predicted octanol–water partition coefficient (Wildman–Crippen LogP) is 3.30. The van der Waals surface area contributed by atoms with Gasteiger partial charge in [0.15, 0.2) is 0 Å². The van der Waals surface area contributed by atoms with E-state index in [2.05, 4.69) is 19.2 Å². The smallest absolute Gasteiger partial charge is 0.252 e. The van der Waals surface area contributed by atoms with Crippen LogP contribution in [0.1, 0.15) is 47.1 Å². The fourth-order valence-electron chi connectivity index (χ4n) is 1.97. The van der Waals surface area contributed by atoms with Gasteiger partial charge in [-0.05, 0) is 36.8 Å². The molecule has 1 heterocycles. The van der Waals surface area contributed by atoms with Gasteiger partial charge in [-0.3, -0.25) is 0 Å². The maximum absolute atomic E-state index is 12.8. The summed E-state index contributed by atoms with van der Waals surface area (Å²) in [4.78, 5) is 0. The zero-order valence-corrected chi connectivity index (χ0v) is 15.5. The van der Waals surface area contributed by atoms with Crippen molar-refractivity contribution in [2.45, 2.75) is 64.4 Å². The lowest BCUT2D eigenvalue weighted by Crippen LogP contribution is -2.39. The molecule has 0 aromatic carbocycles. The van der Waals surface area contributed by atoms with Crippen molar-refractivity contribution in [1.29, 1.82) is 0 Å². The topological polar surface area (TPSA) is 49.4 Å². The number of nitrogens with zero attached hydrogens (tertiary/aromatic N) is 1. The molecule has 122 valence electrons. The van der Waals surface area contributed by atoms with E-state index in [0.717, 1.165) is 5.56 Å². The van der Waals surface area contributed by atoms with E-state index in [1.165, 1.54) is 11.3 Å². The average molecular weight is 333 g/mol. The molecule has 0 spiro atoms. The van der Waals surface area contributed by atoms with Crippen molar-refractivity contribution in [3.63, 3.8) is 0 Å². The van der Waals surface area contributed by atoms with Gasteiger partial charge in [0.25, 0.3) is 10.0 Å². The van der Waals surface area contributed by atoms with E-state index in [4.69, 9.17) is 0 Å². The molecule has 0 atom stereocenters. The monoisotopic (exact) mass is 332 g/mol. The molecule has 0 saturated heterocycles. The van der Waals surface area contributed by atoms with Crippen molar-refractivity contribution in [3.8, 4) is 0 Å². The molecule has 6 heteroatoms. The first-order valence-electron chi connectivity index (χ1n) is 7.47. The summed E-state index contributed by atoms with van der Waals surface area (Å²) in [5, 5.41) is 5.24. The molecule has 21 heavy (non-hydrogen) atoms. The van der Waals surface area contributed by atoms with Gasteiger partial charge in [-0.25, -0.2) is 8.42 Å². The Morgan fingerprint density at radius 1 is 1.19 bits per heavy atom. The van der Waals surface area contributed by atoms with Gasteiger partial charge in [0, 0.05) is 25.2 Å². The second-order valence-electron chi connectivity index (χ2n) is 6.37. The van der Waals surface area contributed by atoms with Crippen LogP contribution < -0.4 is 5.32 Å². The molecule has 0 amide bonds. The van der Waals surface area contributed by atoms with Gasteiger partial charge in [-0.15, -0.1) is 11.3 Å². The van der Waals surface area contributed by atoms with E-state index < -0.39 is 10.0 Å². The number of hydrogen-bond acceptors (Lipinski definition) is 4. The molecule has 0 aliphatic carbocycles. The van der Waals surface area contributed by atoms with Gasteiger partial charge < -0.3 is 5.32 Å². The van der Waals surface area contributed by atoms with Gasteiger partial charge >= 0.3 is 0 Å². The van der Waals surface area contributed by atoms with Crippen LogP contribution in [0, 0.1) is 5.92 Å². The lowest BCUT2D eigenvalue weighted by Gasteiger charge is -2.26. The summed E-state index contributed by atoms with van der Waals surface area (Å²) in [6.07, 6.45) is 0. The third-order valence-electron chi connectivity index (χ3n) is 3.03. The van der Waals surface area contributed by atoms with Crippen LogP contribution in [0.25, 0.3) is 0 Å². The Bertz CT molecular complexity index is 534. The van der Waals surface area contributed by atoms with Gasteiger partial charge in [-0.2, -0.15) is 4.31 Å². The molecule has 0 radical (unpaired) electrons. The van der Waals surface area contributed by atoms with E-state index in [0.29, 0.717) is 29.3 Å². The standard InChI is InChI=1S/C15H28N2O2S2/c1-11(2)9-17(13(5)6)21(18,19)15-7-14(10-20-15)8-16-12(3)4/h7,10-13,16H,8-9H2,1-6H3. The molecule has 4 nitrogen and oxygen atoms in total. The van der Waals surface area contributed by atoms with E-state index in [-0.39, 0.29) is 6.04 Å². The fourth-order valence-corrected chi connectivity index (χ4v) is 5.10. The molecule has 0 aliphatic heterocycles. The molecular weight excluding hydrogens is 304 g/mol. The molecule has 1 N–H and O–H groups in total. The number of hydrogen-bond donors (Lipinski definition) is 1. The number of thiophene rings is 1. The highest BCUT2D eigenvalue weighted by Gasteiger charge is 2.28. The molecule has 1 aromatic rings. The largest absolute Gasteiger partial charge is 0.310 e. The Kier molecular flexibility index (Phi) is 6.84. The minimum atomic E-state index is -3.39. The van der Waals surface area contributed by atoms with Crippen LogP contribution in [0.15, 0.2) is 15.7 Å². The second kappa shape index (κ2) is 7.72. The Labute approximate surface area is 133 Å². The Morgan fingerprint density at radius 2 is 1.81 bits per heavy atom. The summed E-state index contributed by atoms with van der Waals surface area (Å²) < 4.78 is 27.6. The van der Waals surface area contributed by atoms with Crippen molar-refractivity contribution in [2.24, 2.45) is 5.92 Å². The van der Waals surface area contributed by atoms with E-state index in [1.54, 1.807) is 10.4 Å². The van der Waals surface area contributed by atoms with Gasteiger partial charge in [0.2, 0.25) is 0 Å². The lowest BCUT2D eigenvalue weighted by atomic mass is 10.2. The lowest BCUT2D eigenvalue weighted by molar-refractivity contribution is 0.319. The van der Waals surface area contributed by atoms with E-state index >= 15 is 0 Å². The fraction of sp³-hybridized carbons (Fsp3) is 0.733. The Balaban J connectivity index is 2.95. The van der Waals surface area contributed by atoms with Crippen molar-refractivity contribution >= 4 is 21.4 Å². The highest BCUT2D eigenvalue weighted by molar-refractivity contribution is 7.91. The molecule has 1 aromatic heterocycles. The van der Waals surface area contributed by atoms with Crippen LogP contribution in [0.5, 0.6) is 0 Å². The molecule has 1 rings (SSSR count). The summed E-state index contributed by atoms with van der Waals surface area (Å²) in [5.41, 5.74) is 1.03. The van der Waals surface area contributed by atoms with Crippen molar-refractivity contribution < 1.29 is 8.42 Å². The minimum absolute atomic E-state index is 0.0308. The first kappa shape index (κ1) is 18.6. The van der Waals surface area contributed by atoms with Crippen LogP contribution in [0.2, 0.25) is 0 Å². The molecule has 0 fully saturated rings. The van der Waals surface area contributed by atoms with Crippen molar-refractivity contribution in [2.75, 3.05) is 6.54 Å². The molecule has 0 aliphatic rings. The molecule has 0 bridgehead atoms. The summed E-state index contributed by atoms with van der Waals surface area (Å²) in [6.45, 7) is 13.3. The normalized spacial score (nSPS) is 13.0. The maximum Gasteiger partial charge on any atom is 0.252 e. The molecular formula is C15H28N2O2S2.